The molecule has 0 aliphatic carbocycles. The van der Waals surface area contributed by atoms with Gasteiger partial charge in [0.25, 0.3) is 21.6 Å². The number of anilines is 3. The predicted octanol–water partition coefficient (Wildman–Crippen LogP) is 6.24. The highest BCUT2D eigenvalue weighted by Crippen LogP contribution is 2.31. The molecule has 1 heterocycles. The number of nitro benzene ring substituents is 1. The van der Waals surface area contributed by atoms with Gasteiger partial charge >= 0.3 is 0 Å². The first-order chi connectivity index (χ1) is 25.5. The summed E-state index contributed by atoms with van der Waals surface area (Å²) in [6, 6.07) is 36.6. The molecule has 1 N–H and O–H groups in total. The molecule has 1 aliphatic heterocycles. The molecule has 1 saturated heterocycles. The van der Waals surface area contributed by atoms with Crippen LogP contribution in [0.1, 0.15) is 15.9 Å². The second-order valence-electron chi connectivity index (χ2n) is 12.9. The van der Waals surface area contributed by atoms with Crippen LogP contribution in [-0.2, 0) is 16.6 Å². The van der Waals surface area contributed by atoms with Gasteiger partial charge in [0.05, 0.1) is 23.6 Å². The van der Waals surface area contributed by atoms with Crippen molar-refractivity contribution in [2.24, 2.45) is 0 Å². The standard InChI is InChI=1S/C40H42N6O6S/c1-42(33-17-19-35(52-3)20-18-33)29-43(2)38-22-21-36(27-39(38)46(48)49)53(50,51)41-40(47)31-13-15-34(16-14-31)45-25-23-44(24-26-45)28-32-11-7-8-12-37(32)30-9-5-4-6-10-30/h4-22,27H,23-26,28-29H2,1-3H3,(H,41,47). The lowest BCUT2D eigenvalue weighted by Gasteiger charge is -2.36. The number of nitro groups is 1. The van der Waals surface area contributed by atoms with Gasteiger partial charge < -0.3 is 19.4 Å². The Hall–Kier alpha value is -5.92. The van der Waals surface area contributed by atoms with E-state index in [1.54, 1.807) is 43.3 Å². The summed E-state index contributed by atoms with van der Waals surface area (Å²) in [6.45, 7) is 4.44. The number of nitrogens with zero attached hydrogens (tertiary/aromatic N) is 5. The van der Waals surface area contributed by atoms with E-state index in [1.807, 2.05) is 42.3 Å². The fourth-order valence-electron chi connectivity index (χ4n) is 6.48. The van der Waals surface area contributed by atoms with Crippen molar-refractivity contribution in [2.75, 3.05) is 68.8 Å². The molecule has 0 atom stereocenters. The molecule has 0 unspecified atom stereocenters. The van der Waals surface area contributed by atoms with E-state index < -0.39 is 26.5 Å². The number of piperazine rings is 1. The Morgan fingerprint density at radius 2 is 1.49 bits per heavy atom. The number of amides is 1. The zero-order valence-electron chi connectivity index (χ0n) is 29.9. The van der Waals surface area contributed by atoms with Gasteiger partial charge in [-0.3, -0.25) is 19.8 Å². The fraction of sp³-hybridized carbons (Fsp3) is 0.225. The second kappa shape index (κ2) is 16.2. The van der Waals surface area contributed by atoms with Crippen LogP contribution < -0.4 is 24.2 Å². The third-order valence-corrected chi connectivity index (χ3v) is 10.7. The van der Waals surface area contributed by atoms with Crippen molar-refractivity contribution in [1.29, 1.82) is 0 Å². The van der Waals surface area contributed by atoms with Gasteiger partial charge in [-0.15, -0.1) is 0 Å². The minimum atomic E-state index is -4.42. The van der Waals surface area contributed by atoms with E-state index >= 15 is 0 Å². The summed E-state index contributed by atoms with van der Waals surface area (Å²) in [5.41, 5.74) is 5.47. The number of nitrogens with one attached hydrogen (secondary N) is 1. The van der Waals surface area contributed by atoms with Gasteiger partial charge in [0, 0.05) is 69.8 Å². The van der Waals surface area contributed by atoms with Gasteiger partial charge in [-0.2, -0.15) is 0 Å². The molecule has 53 heavy (non-hydrogen) atoms. The van der Waals surface area contributed by atoms with E-state index in [0.717, 1.165) is 50.2 Å². The first-order valence-corrected chi connectivity index (χ1v) is 18.6. The maximum Gasteiger partial charge on any atom is 0.293 e. The zero-order valence-corrected chi connectivity index (χ0v) is 30.7. The van der Waals surface area contributed by atoms with Crippen LogP contribution >= 0.6 is 0 Å². The summed E-state index contributed by atoms with van der Waals surface area (Å²) in [6.07, 6.45) is 0. The summed E-state index contributed by atoms with van der Waals surface area (Å²) in [5, 5.41) is 12.1. The smallest absolute Gasteiger partial charge is 0.293 e. The lowest BCUT2D eigenvalue weighted by Crippen LogP contribution is -2.46. The van der Waals surface area contributed by atoms with Crippen LogP contribution in [0.4, 0.5) is 22.7 Å². The van der Waals surface area contributed by atoms with E-state index in [0.29, 0.717) is 5.75 Å². The Morgan fingerprint density at radius 3 is 2.15 bits per heavy atom. The molecule has 1 aliphatic rings. The van der Waals surface area contributed by atoms with Gasteiger partial charge in [-0.1, -0.05) is 54.6 Å². The second-order valence-corrected chi connectivity index (χ2v) is 14.6. The SMILES string of the molecule is COc1ccc(N(C)CN(C)c2ccc(S(=O)(=O)NC(=O)c3ccc(N4CCN(Cc5ccccc5-c5ccccc5)CC4)cc3)cc2[N+](=O)[O-])cc1. The van der Waals surface area contributed by atoms with Crippen LogP contribution in [0, 0.1) is 10.1 Å². The van der Waals surface area contributed by atoms with Gasteiger partial charge in [-0.05, 0) is 77.4 Å². The van der Waals surface area contributed by atoms with Crippen LogP contribution in [0.3, 0.4) is 0 Å². The third-order valence-electron chi connectivity index (χ3n) is 9.39. The highest BCUT2D eigenvalue weighted by atomic mass is 32.2. The minimum Gasteiger partial charge on any atom is -0.497 e. The van der Waals surface area contributed by atoms with Crippen LogP contribution in [0.2, 0.25) is 0 Å². The number of carbonyl (C=O) groups is 1. The molecule has 0 spiro atoms. The number of rotatable bonds is 13. The molecule has 1 fully saturated rings. The highest BCUT2D eigenvalue weighted by Gasteiger charge is 2.26. The average Bonchev–Trinajstić information content (AvgIpc) is 3.18. The summed E-state index contributed by atoms with van der Waals surface area (Å²) in [4.78, 5) is 32.3. The molecule has 13 heteroatoms. The Morgan fingerprint density at radius 1 is 0.830 bits per heavy atom. The molecule has 1 amide bonds. The quantitative estimate of drug-likeness (QED) is 0.0844. The number of benzene rings is 5. The summed E-state index contributed by atoms with van der Waals surface area (Å²) < 4.78 is 33.8. The van der Waals surface area contributed by atoms with Crippen molar-refractivity contribution in [3.8, 4) is 16.9 Å². The molecule has 0 saturated carbocycles. The predicted molar refractivity (Wildman–Crippen MR) is 208 cm³/mol. The van der Waals surface area contributed by atoms with E-state index in [-0.39, 0.29) is 22.8 Å². The van der Waals surface area contributed by atoms with E-state index in [4.69, 9.17) is 4.74 Å². The first kappa shape index (κ1) is 36.9. The minimum absolute atomic E-state index is 0.154. The number of carbonyl (C=O) groups excluding carboxylic acids is 1. The number of ether oxygens (including phenoxy) is 1. The Bertz CT molecular complexity index is 2160. The van der Waals surface area contributed by atoms with E-state index in [2.05, 4.69) is 63.1 Å². The molecule has 5 aromatic carbocycles. The van der Waals surface area contributed by atoms with Crippen LogP contribution in [-0.4, -0.2) is 78.2 Å². The maximum atomic E-state index is 13.3. The normalized spacial score (nSPS) is 13.3. The van der Waals surface area contributed by atoms with Gasteiger partial charge in [0.1, 0.15) is 11.4 Å². The fourth-order valence-corrected chi connectivity index (χ4v) is 7.47. The molecular weight excluding hydrogens is 693 g/mol. The molecule has 12 nitrogen and oxygen atoms in total. The maximum absolute atomic E-state index is 13.3. The molecule has 0 aromatic heterocycles. The molecule has 0 radical (unpaired) electrons. The highest BCUT2D eigenvalue weighted by molar-refractivity contribution is 7.90. The number of sulfonamides is 1. The number of hydrogen-bond acceptors (Lipinski definition) is 10. The van der Waals surface area contributed by atoms with Crippen molar-refractivity contribution in [3.05, 3.63) is 143 Å². The van der Waals surface area contributed by atoms with Gasteiger partial charge in [0.15, 0.2) is 0 Å². The van der Waals surface area contributed by atoms with Gasteiger partial charge in [0.2, 0.25) is 0 Å². The molecular formula is C40H42N6O6S. The van der Waals surface area contributed by atoms with Crippen molar-refractivity contribution < 1.29 is 22.9 Å². The molecule has 274 valence electrons. The third kappa shape index (κ3) is 8.76. The molecule has 0 bridgehead atoms. The summed E-state index contributed by atoms with van der Waals surface area (Å²) in [5.74, 6) is -0.127. The van der Waals surface area contributed by atoms with Crippen molar-refractivity contribution >= 4 is 38.7 Å². The Balaban J connectivity index is 1.06. The molecule has 5 aromatic rings. The van der Waals surface area contributed by atoms with E-state index in [9.17, 15) is 23.3 Å². The topological polar surface area (TPSA) is 129 Å². The number of hydrogen-bond donors (Lipinski definition) is 1. The summed E-state index contributed by atoms with van der Waals surface area (Å²) >= 11 is 0. The van der Waals surface area contributed by atoms with Crippen LogP contribution in [0.5, 0.6) is 5.75 Å². The zero-order chi connectivity index (χ0) is 37.5. The summed E-state index contributed by atoms with van der Waals surface area (Å²) in [7, 11) is 0.664. The van der Waals surface area contributed by atoms with Gasteiger partial charge in [-0.25, -0.2) is 13.1 Å². The Kier molecular flexibility index (Phi) is 11.3. The van der Waals surface area contributed by atoms with E-state index in [1.165, 1.54) is 28.8 Å². The van der Waals surface area contributed by atoms with Crippen molar-refractivity contribution in [3.63, 3.8) is 0 Å². The van der Waals surface area contributed by atoms with Crippen molar-refractivity contribution in [1.82, 2.24) is 9.62 Å². The monoisotopic (exact) mass is 734 g/mol. The lowest BCUT2D eigenvalue weighted by molar-refractivity contribution is -0.384. The number of methoxy groups -OCH3 is 1. The van der Waals surface area contributed by atoms with Crippen LogP contribution in [0.15, 0.2) is 126 Å². The lowest BCUT2D eigenvalue weighted by atomic mass is 9.99. The van der Waals surface area contributed by atoms with Crippen LogP contribution in [0.25, 0.3) is 11.1 Å². The molecule has 6 rings (SSSR count). The van der Waals surface area contributed by atoms with Crippen molar-refractivity contribution in [2.45, 2.75) is 11.4 Å². The average molecular weight is 735 g/mol. The first-order valence-electron chi connectivity index (χ1n) is 17.1. The Labute approximate surface area is 310 Å². The largest absolute Gasteiger partial charge is 0.497 e.